The number of benzene rings is 2. The number of allylic oxidation sites excluding steroid dienone is 1. The van der Waals surface area contributed by atoms with Crippen LogP contribution in [-0.2, 0) is 52.2 Å². The summed E-state index contributed by atoms with van der Waals surface area (Å²) in [6.45, 7) is -0.0136. The summed E-state index contributed by atoms with van der Waals surface area (Å²) < 4.78 is 63.5. The summed E-state index contributed by atoms with van der Waals surface area (Å²) in [5, 5.41) is 94.9. The van der Waals surface area contributed by atoms with Gasteiger partial charge in [0, 0.05) is 17.4 Å². The number of phenolic OH excluding ortho intramolecular Hbond substituents is 2. The van der Waals surface area contributed by atoms with Gasteiger partial charge in [-0.3, -0.25) is 4.79 Å². The van der Waals surface area contributed by atoms with Gasteiger partial charge in [-0.2, -0.15) is 0 Å². The Morgan fingerprint density at radius 3 is 2.05 bits per heavy atom. The summed E-state index contributed by atoms with van der Waals surface area (Å²) in [5.74, 6) is -3.54. The van der Waals surface area contributed by atoms with Crippen LogP contribution < -0.4 is 9.47 Å². The Balaban J connectivity index is 1.09. The van der Waals surface area contributed by atoms with Gasteiger partial charge >= 0.3 is 11.9 Å². The highest BCUT2D eigenvalue weighted by atomic mass is 16.8. The smallest absolute Gasteiger partial charge is 0.337 e. The van der Waals surface area contributed by atoms with Gasteiger partial charge in [0.2, 0.25) is 6.29 Å². The first-order valence-electron chi connectivity index (χ1n) is 20.7. The monoisotopic (exact) mass is 922 g/mol. The predicted octanol–water partition coefficient (Wildman–Crippen LogP) is -1.14. The van der Waals surface area contributed by atoms with Crippen molar-refractivity contribution in [2.24, 2.45) is 11.8 Å². The lowest BCUT2D eigenvalue weighted by Gasteiger charge is -2.44. The maximum atomic E-state index is 13.6. The molecule has 22 heteroatoms. The molecule has 22 nitrogen and oxygen atoms in total. The molecule has 65 heavy (non-hydrogen) atoms. The molecule has 5 heterocycles. The van der Waals surface area contributed by atoms with Crippen molar-refractivity contribution in [2.45, 2.75) is 98.9 Å². The normalized spacial score (nSPS) is 37.5. The van der Waals surface area contributed by atoms with Crippen LogP contribution in [0.5, 0.6) is 23.0 Å². The number of aromatic hydroxyl groups is 2. The van der Waals surface area contributed by atoms with Crippen molar-refractivity contribution in [3.8, 4) is 23.0 Å². The first-order chi connectivity index (χ1) is 31.1. The molecule has 9 N–H and O–H groups in total. The van der Waals surface area contributed by atoms with Crippen LogP contribution in [0.1, 0.15) is 36.7 Å². The third kappa shape index (κ3) is 9.24. The molecule has 0 amide bonds. The van der Waals surface area contributed by atoms with E-state index < -0.39 is 129 Å². The Hall–Kier alpha value is -4.66. The zero-order valence-electron chi connectivity index (χ0n) is 35.6. The van der Waals surface area contributed by atoms with Gasteiger partial charge in [-0.05, 0) is 42.3 Å². The standard InChI is InChI=1S/C43H54O22/c1-5-20-21(22(39(54)57-4)14-60-40(20)64-41-35(52)33(50)31(48)28(13-44)62-41)12-30(47)58-16-29-32(49)34(51)36(53)42(63-29)65-43-17-61-37(18-6-8-24(45)26(10-18)55-2)23(43)15-59-38(43)19-7-9-25(46)27(11-19)56-3/h5-11,14,21,23,28-29,31-38,40-42,44-46,48-53H,12-13,15-17H2,1-4H3/b20-5+/t21-,23+,28+,29+,31+,32+,33-,34-,35+,36+,37+,38+,40-,41-,42-,43+/m0/s1. The molecule has 7 rings (SSSR count). The number of aliphatic hydroxyl groups excluding tert-OH is 7. The van der Waals surface area contributed by atoms with Gasteiger partial charge in [0.1, 0.15) is 67.1 Å². The molecule has 16 atom stereocenters. The highest BCUT2D eigenvalue weighted by Crippen LogP contribution is 2.57. The number of carbonyl (C=O) groups is 2. The molecule has 4 saturated heterocycles. The lowest BCUT2D eigenvalue weighted by atomic mass is 9.80. The highest BCUT2D eigenvalue weighted by molar-refractivity contribution is 5.90. The summed E-state index contributed by atoms with van der Waals surface area (Å²) in [7, 11) is 3.88. The number of ether oxygens (including phenoxy) is 11. The van der Waals surface area contributed by atoms with Crippen LogP contribution in [-0.4, -0.2) is 179 Å². The van der Waals surface area contributed by atoms with Crippen LogP contribution in [0.4, 0.5) is 0 Å². The number of aliphatic hydroxyl groups is 7. The van der Waals surface area contributed by atoms with Crippen molar-refractivity contribution in [1.82, 2.24) is 0 Å². The number of phenols is 2. The van der Waals surface area contributed by atoms with Gasteiger partial charge in [0.25, 0.3) is 0 Å². The molecule has 4 fully saturated rings. The molecule has 0 aliphatic carbocycles. The minimum Gasteiger partial charge on any atom is -0.504 e. The van der Waals surface area contributed by atoms with Gasteiger partial charge in [-0.25, -0.2) is 4.79 Å². The summed E-state index contributed by atoms with van der Waals surface area (Å²) in [5.41, 5.74) is -0.387. The molecule has 5 aliphatic rings. The first kappa shape index (κ1) is 48.3. The number of carbonyl (C=O) groups excluding carboxylic acids is 2. The number of hydrogen-bond donors (Lipinski definition) is 9. The Bertz CT molecular complexity index is 2080. The Kier molecular flexibility index (Phi) is 14.9. The summed E-state index contributed by atoms with van der Waals surface area (Å²) in [6, 6.07) is 9.23. The van der Waals surface area contributed by atoms with Crippen molar-refractivity contribution in [1.29, 1.82) is 0 Å². The highest BCUT2D eigenvalue weighted by Gasteiger charge is 2.64. The van der Waals surface area contributed by atoms with Crippen LogP contribution in [0.3, 0.4) is 0 Å². The summed E-state index contributed by atoms with van der Waals surface area (Å²) in [6.07, 6.45) is -18.2. The number of esters is 2. The molecule has 2 aromatic carbocycles. The molecular formula is C43H54O22. The fraction of sp³-hybridized carbons (Fsp3) is 0.581. The van der Waals surface area contributed by atoms with Crippen LogP contribution in [0.25, 0.3) is 0 Å². The molecule has 2 aromatic rings. The van der Waals surface area contributed by atoms with Crippen LogP contribution >= 0.6 is 0 Å². The van der Waals surface area contributed by atoms with Gasteiger partial charge in [-0.1, -0.05) is 18.2 Å². The SMILES string of the molecule is C/C=C1/[C@H](O[C@@H]2O[C@H](CO)[C@@H](O)[C@H](O)[C@H]2O)OC=C(C(=O)OC)[C@H]1CC(=O)OC[C@H]1O[C@@H](O[C@]23CO[C@H](c4ccc(O)c(OC)c4)[C@H]2CO[C@@H]3c2ccc(O)c(OC)c2)[C@H](O)[C@@H](O)[C@@H]1O. The van der Waals surface area contributed by atoms with Gasteiger partial charge in [0.15, 0.2) is 35.6 Å². The molecule has 0 spiro atoms. The van der Waals surface area contributed by atoms with Crippen LogP contribution in [0, 0.1) is 11.8 Å². The second-order valence-electron chi connectivity index (χ2n) is 16.1. The van der Waals surface area contributed by atoms with Crippen molar-refractivity contribution < 1.29 is 108 Å². The first-order valence-corrected chi connectivity index (χ1v) is 20.7. The second-order valence-corrected chi connectivity index (χ2v) is 16.1. The zero-order valence-corrected chi connectivity index (χ0v) is 35.6. The van der Waals surface area contributed by atoms with E-state index in [1.165, 1.54) is 32.4 Å². The minimum atomic E-state index is -1.89. The van der Waals surface area contributed by atoms with Crippen LogP contribution in [0.15, 0.2) is 59.9 Å². The van der Waals surface area contributed by atoms with Gasteiger partial charge < -0.3 is 98.1 Å². The zero-order chi connectivity index (χ0) is 46.9. The maximum absolute atomic E-state index is 13.6. The lowest BCUT2D eigenvalue weighted by Crippen LogP contribution is -2.62. The van der Waals surface area contributed by atoms with Crippen LogP contribution in [0.2, 0.25) is 0 Å². The minimum absolute atomic E-state index is 0.0353. The van der Waals surface area contributed by atoms with E-state index in [4.69, 9.17) is 52.1 Å². The van der Waals surface area contributed by atoms with E-state index in [0.717, 1.165) is 13.4 Å². The average Bonchev–Trinajstić information content (AvgIpc) is 3.85. The van der Waals surface area contributed by atoms with E-state index in [-0.39, 0.29) is 47.4 Å². The third-order valence-electron chi connectivity index (χ3n) is 12.4. The Labute approximate surface area is 371 Å². The molecule has 0 bridgehead atoms. The largest absolute Gasteiger partial charge is 0.504 e. The third-order valence-corrected chi connectivity index (χ3v) is 12.4. The van der Waals surface area contributed by atoms with E-state index in [0.29, 0.717) is 11.1 Å². The van der Waals surface area contributed by atoms with E-state index >= 15 is 0 Å². The van der Waals surface area contributed by atoms with Crippen molar-refractivity contribution >= 4 is 11.9 Å². The molecule has 0 aromatic heterocycles. The quantitative estimate of drug-likeness (QED) is 0.0799. The van der Waals surface area contributed by atoms with E-state index in [9.17, 15) is 55.5 Å². The van der Waals surface area contributed by atoms with Crippen molar-refractivity contribution in [3.05, 3.63) is 71.0 Å². The topological polar surface area (TPSA) is 318 Å². The molecule has 0 radical (unpaired) electrons. The van der Waals surface area contributed by atoms with E-state index in [1.54, 1.807) is 31.2 Å². The maximum Gasteiger partial charge on any atom is 0.337 e. The summed E-state index contributed by atoms with van der Waals surface area (Å²) in [4.78, 5) is 26.5. The molecule has 0 unspecified atom stereocenters. The van der Waals surface area contributed by atoms with Crippen molar-refractivity contribution in [2.75, 3.05) is 47.8 Å². The molecule has 0 saturated carbocycles. The Morgan fingerprint density at radius 1 is 0.800 bits per heavy atom. The summed E-state index contributed by atoms with van der Waals surface area (Å²) >= 11 is 0. The van der Waals surface area contributed by atoms with Crippen molar-refractivity contribution in [3.63, 3.8) is 0 Å². The number of hydrogen-bond acceptors (Lipinski definition) is 22. The fourth-order valence-electron chi connectivity index (χ4n) is 8.85. The molecule has 5 aliphatic heterocycles. The van der Waals surface area contributed by atoms with Gasteiger partial charge in [-0.15, -0.1) is 0 Å². The number of rotatable bonds is 14. The van der Waals surface area contributed by atoms with E-state index in [1.807, 2.05) is 0 Å². The number of methoxy groups -OCH3 is 3. The number of fused-ring (bicyclic) bond motifs is 1. The average molecular weight is 923 g/mol. The second kappa shape index (κ2) is 20.1. The van der Waals surface area contributed by atoms with E-state index in [2.05, 4.69) is 0 Å². The Morgan fingerprint density at radius 2 is 1.42 bits per heavy atom. The molecule has 358 valence electrons. The lowest BCUT2D eigenvalue weighted by molar-refractivity contribution is -0.334. The predicted molar refractivity (Wildman–Crippen MR) is 213 cm³/mol. The molecular weight excluding hydrogens is 868 g/mol. The fourth-order valence-corrected chi connectivity index (χ4v) is 8.85. The van der Waals surface area contributed by atoms with Gasteiger partial charge in [0.05, 0.1) is 65.5 Å².